The Morgan fingerprint density at radius 1 is 1.05 bits per heavy atom. The largest absolute Gasteiger partial charge is 0.444 e. The van der Waals surface area contributed by atoms with Gasteiger partial charge in [0, 0.05) is 55.9 Å². The summed E-state index contributed by atoms with van der Waals surface area (Å²) in [4.78, 5) is 34.1. The molecule has 0 bridgehead atoms. The summed E-state index contributed by atoms with van der Waals surface area (Å²) in [5.41, 5.74) is 2.86. The second kappa shape index (κ2) is 9.30. The molecule has 0 aliphatic carbocycles. The molecule has 1 N–H and O–H groups in total. The van der Waals surface area contributed by atoms with Crippen LogP contribution in [0.1, 0.15) is 36.8 Å². The molecule has 0 atom stereocenters. The number of carbonyl (C=O) groups excluding carboxylic acids is 2. The highest BCUT2D eigenvalue weighted by Crippen LogP contribution is 2.30. The third-order valence-electron chi connectivity index (χ3n) is 6.20. The van der Waals surface area contributed by atoms with Gasteiger partial charge in [0.1, 0.15) is 22.5 Å². The van der Waals surface area contributed by atoms with Crippen LogP contribution < -0.4 is 10.2 Å². The Hall–Kier alpha value is -4.28. The number of nitrogens with zero attached hydrogens (tertiary/aromatic N) is 7. The van der Waals surface area contributed by atoms with Crippen LogP contribution in [0.2, 0.25) is 0 Å². The van der Waals surface area contributed by atoms with E-state index in [-0.39, 0.29) is 12.0 Å². The fourth-order valence-electron chi connectivity index (χ4n) is 4.54. The number of nitrogens with one attached hydrogen (secondary N) is 1. The van der Waals surface area contributed by atoms with Gasteiger partial charge in [-0.1, -0.05) is 0 Å². The summed E-state index contributed by atoms with van der Waals surface area (Å²) in [5.74, 6) is 0.129. The molecule has 1 aromatic carbocycles. The Bertz CT molecular complexity index is 1500. The summed E-state index contributed by atoms with van der Waals surface area (Å²) in [6.07, 6.45) is 3.20. The van der Waals surface area contributed by atoms with Crippen LogP contribution in [0.4, 0.5) is 16.3 Å². The number of fused-ring (bicyclic) bond motifs is 2. The first-order valence-electron chi connectivity index (χ1n) is 12.2. The molecule has 0 radical (unpaired) electrons. The molecule has 37 heavy (non-hydrogen) atoms. The van der Waals surface area contributed by atoms with Crippen LogP contribution in [0.3, 0.4) is 0 Å². The van der Waals surface area contributed by atoms with E-state index in [2.05, 4.69) is 30.5 Å². The molecule has 3 aromatic heterocycles. The number of amides is 2. The van der Waals surface area contributed by atoms with E-state index < -0.39 is 5.60 Å². The van der Waals surface area contributed by atoms with E-state index in [1.807, 2.05) is 53.1 Å². The number of ether oxygens (including phenoxy) is 1. The molecular weight excluding hydrogens is 472 g/mol. The maximum atomic E-state index is 13.3. The van der Waals surface area contributed by atoms with Gasteiger partial charge in [0.15, 0.2) is 0 Å². The zero-order chi connectivity index (χ0) is 26.3. The van der Waals surface area contributed by atoms with E-state index in [1.54, 1.807) is 27.9 Å². The van der Waals surface area contributed by atoms with Gasteiger partial charge in [0.05, 0.1) is 17.5 Å². The van der Waals surface area contributed by atoms with Crippen molar-refractivity contribution < 1.29 is 14.3 Å². The second-order valence-corrected chi connectivity index (χ2v) is 10.2. The van der Waals surface area contributed by atoms with Crippen molar-refractivity contribution in [2.24, 2.45) is 7.05 Å². The number of benzene rings is 1. The summed E-state index contributed by atoms with van der Waals surface area (Å²) >= 11 is 0. The first-order chi connectivity index (χ1) is 17.6. The zero-order valence-corrected chi connectivity index (χ0v) is 21.6. The van der Waals surface area contributed by atoms with Crippen molar-refractivity contribution >= 4 is 45.3 Å². The number of piperazine rings is 1. The molecule has 1 saturated heterocycles. The Labute approximate surface area is 214 Å². The number of anilines is 2. The van der Waals surface area contributed by atoms with Gasteiger partial charge in [0.2, 0.25) is 0 Å². The number of hydrogen-bond donors (Lipinski definition) is 1. The number of carbonyl (C=O) groups is 2. The fraction of sp³-hybridized carbons (Fsp3) is 0.385. The Kier molecular flexibility index (Phi) is 6.14. The van der Waals surface area contributed by atoms with Crippen LogP contribution in [0, 0.1) is 6.92 Å². The minimum atomic E-state index is -0.530. The first-order valence-corrected chi connectivity index (χ1v) is 12.2. The molecule has 4 heterocycles. The number of rotatable bonds is 3. The van der Waals surface area contributed by atoms with Crippen LogP contribution in [-0.2, 0) is 11.8 Å². The average molecular weight is 503 g/mol. The maximum Gasteiger partial charge on any atom is 0.410 e. The summed E-state index contributed by atoms with van der Waals surface area (Å²) < 4.78 is 7.23. The van der Waals surface area contributed by atoms with E-state index in [4.69, 9.17) is 4.74 Å². The zero-order valence-electron chi connectivity index (χ0n) is 21.6. The third-order valence-corrected chi connectivity index (χ3v) is 6.20. The SMILES string of the molecule is Cc1nc(NC(=O)c2ccc(N3CCN(C(=O)OC(C)(C)C)CC3)c3ccnnc23)cc2cn(C)nc12. The molecule has 1 aliphatic heterocycles. The highest BCUT2D eigenvalue weighted by Gasteiger charge is 2.27. The lowest BCUT2D eigenvalue weighted by molar-refractivity contribution is 0.0240. The molecule has 0 saturated carbocycles. The fourth-order valence-corrected chi connectivity index (χ4v) is 4.54. The van der Waals surface area contributed by atoms with Crippen molar-refractivity contribution in [3.63, 3.8) is 0 Å². The van der Waals surface area contributed by atoms with E-state index in [9.17, 15) is 9.59 Å². The van der Waals surface area contributed by atoms with Gasteiger partial charge in [-0.3, -0.25) is 9.48 Å². The van der Waals surface area contributed by atoms with Gasteiger partial charge >= 0.3 is 6.09 Å². The number of hydrogen-bond acceptors (Lipinski definition) is 8. The molecule has 192 valence electrons. The van der Waals surface area contributed by atoms with Gasteiger partial charge in [-0.2, -0.15) is 10.2 Å². The van der Waals surface area contributed by atoms with Crippen molar-refractivity contribution in [2.45, 2.75) is 33.3 Å². The average Bonchev–Trinajstić information content (AvgIpc) is 3.23. The number of aromatic nitrogens is 5. The van der Waals surface area contributed by atoms with Crippen molar-refractivity contribution in [2.75, 3.05) is 36.4 Å². The Morgan fingerprint density at radius 2 is 1.81 bits per heavy atom. The summed E-state index contributed by atoms with van der Waals surface area (Å²) in [6, 6.07) is 7.35. The van der Waals surface area contributed by atoms with Crippen LogP contribution in [0.15, 0.2) is 36.7 Å². The van der Waals surface area contributed by atoms with Crippen LogP contribution in [-0.4, -0.2) is 73.6 Å². The smallest absolute Gasteiger partial charge is 0.410 e. The quantitative estimate of drug-likeness (QED) is 0.452. The molecule has 2 amide bonds. The minimum absolute atomic E-state index is 0.303. The van der Waals surface area contributed by atoms with Gasteiger partial charge < -0.3 is 19.9 Å². The van der Waals surface area contributed by atoms with Crippen molar-refractivity contribution in [3.05, 3.63) is 47.9 Å². The number of aryl methyl sites for hydroxylation is 2. The minimum Gasteiger partial charge on any atom is -0.444 e. The normalized spacial score (nSPS) is 14.3. The number of pyridine rings is 1. The summed E-state index contributed by atoms with van der Waals surface area (Å²) in [7, 11) is 1.85. The van der Waals surface area contributed by atoms with E-state index in [0.29, 0.717) is 43.1 Å². The van der Waals surface area contributed by atoms with Crippen molar-refractivity contribution in [3.8, 4) is 0 Å². The summed E-state index contributed by atoms with van der Waals surface area (Å²) in [5, 5.41) is 17.4. The Morgan fingerprint density at radius 3 is 2.54 bits per heavy atom. The van der Waals surface area contributed by atoms with E-state index in [1.165, 1.54) is 0 Å². The van der Waals surface area contributed by atoms with Crippen molar-refractivity contribution in [1.82, 2.24) is 29.9 Å². The topological polar surface area (TPSA) is 118 Å². The van der Waals surface area contributed by atoms with E-state index in [0.717, 1.165) is 27.7 Å². The molecule has 4 aromatic rings. The standard InChI is InChI=1S/C26H30N8O3/c1-16-22-17(15-32(5)31-22)14-21(28-16)29-24(35)19-6-7-20(18-8-9-27-30-23(18)19)33-10-12-34(13-11-33)25(36)37-26(2,3)4/h6-9,14-15H,10-13H2,1-5H3,(H,29,35). The molecule has 0 spiro atoms. The predicted molar refractivity (Wildman–Crippen MR) is 141 cm³/mol. The van der Waals surface area contributed by atoms with Gasteiger partial charge in [-0.25, -0.2) is 9.78 Å². The highest BCUT2D eigenvalue weighted by molar-refractivity contribution is 6.13. The predicted octanol–water partition coefficient (Wildman–Crippen LogP) is 3.53. The van der Waals surface area contributed by atoms with Gasteiger partial charge in [-0.05, 0) is 52.0 Å². The van der Waals surface area contributed by atoms with Crippen LogP contribution >= 0.6 is 0 Å². The molecule has 11 nitrogen and oxygen atoms in total. The second-order valence-electron chi connectivity index (χ2n) is 10.2. The lowest BCUT2D eigenvalue weighted by atomic mass is 10.1. The Balaban J connectivity index is 1.37. The lowest BCUT2D eigenvalue weighted by Crippen LogP contribution is -2.50. The molecular formula is C26H30N8O3. The maximum absolute atomic E-state index is 13.3. The highest BCUT2D eigenvalue weighted by atomic mass is 16.6. The molecule has 11 heteroatoms. The van der Waals surface area contributed by atoms with Gasteiger partial charge in [-0.15, -0.1) is 5.10 Å². The third kappa shape index (κ3) is 5.02. The first kappa shape index (κ1) is 24.4. The molecule has 1 aliphatic rings. The molecule has 1 fully saturated rings. The van der Waals surface area contributed by atoms with Crippen LogP contribution in [0.25, 0.3) is 21.8 Å². The van der Waals surface area contributed by atoms with Gasteiger partial charge in [0.25, 0.3) is 5.91 Å². The molecule has 0 unspecified atom stereocenters. The summed E-state index contributed by atoms with van der Waals surface area (Å²) in [6.45, 7) is 9.80. The van der Waals surface area contributed by atoms with E-state index >= 15 is 0 Å². The molecule has 5 rings (SSSR count). The monoisotopic (exact) mass is 502 g/mol. The lowest BCUT2D eigenvalue weighted by Gasteiger charge is -2.37. The van der Waals surface area contributed by atoms with Crippen molar-refractivity contribution in [1.29, 1.82) is 0 Å². The van der Waals surface area contributed by atoms with Crippen LogP contribution in [0.5, 0.6) is 0 Å².